The Balaban J connectivity index is 1.59. The molecule has 3 saturated carbocycles. The zero-order valence-corrected chi connectivity index (χ0v) is 17.8. The first-order valence-electron chi connectivity index (χ1n) is 11.3. The minimum Gasteiger partial charge on any atom is -0.469 e. The summed E-state index contributed by atoms with van der Waals surface area (Å²) in [6, 6.07) is 0. The van der Waals surface area contributed by atoms with Crippen molar-refractivity contribution in [1.82, 2.24) is 0 Å². The summed E-state index contributed by atoms with van der Waals surface area (Å²) in [7, 11) is 1.46. The largest absolute Gasteiger partial charge is 0.469 e. The molecule has 7 atom stereocenters. The van der Waals surface area contributed by atoms with Gasteiger partial charge in [0, 0.05) is 24.7 Å². The van der Waals surface area contributed by atoms with Crippen molar-refractivity contribution in [2.75, 3.05) is 7.11 Å². The number of rotatable bonds is 1. The molecule has 5 nitrogen and oxygen atoms in total. The number of methoxy groups -OCH3 is 1. The standard InChI is InChI=1S/C24H32O5/c1-22-8-4-15(25)12-14(22)13-16(21(27)28-3)20-17(22)5-9-23(2)18(20)6-10-24(23)11-7-19(26)29-24/h13,16-18,20H,4-12H2,1-3H3/t16?,17?,18?,20-,22+,23+,24-/m1/s1. The van der Waals surface area contributed by atoms with Gasteiger partial charge >= 0.3 is 11.9 Å². The fourth-order valence-electron chi connectivity index (χ4n) is 8.16. The van der Waals surface area contributed by atoms with E-state index in [4.69, 9.17) is 9.47 Å². The van der Waals surface area contributed by atoms with Crippen LogP contribution in [0.15, 0.2) is 11.6 Å². The Morgan fingerprint density at radius 1 is 1.07 bits per heavy atom. The third kappa shape index (κ3) is 2.42. The Hall–Kier alpha value is -1.65. The second-order valence-electron chi connectivity index (χ2n) is 10.6. The predicted octanol–water partition coefficient (Wildman–Crippen LogP) is 3.99. The van der Waals surface area contributed by atoms with Gasteiger partial charge in [0.25, 0.3) is 0 Å². The summed E-state index contributed by atoms with van der Waals surface area (Å²) in [5.74, 6) is 0.656. The highest BCUT2D eigenvalue weighted by Gasteiger charge is 2.68. The summed E-state index contributed by atoms with van der Waals surface area (Å²) in [6.45, 7) is 4.62. The Bertz CT molecular complexity index is 814. The first-order valence-corrected chi connectivity index (χ1v) is 11.3. The molecule has 29 heavy (non-hydrogen) atoms. The van der Waals surface area contributed by atoms with E-state index in [-0.39, 0.29) is 46.0 Å². The van der Waals surface area contributed by atoms with Crippen molar-refractivity contribution in [3.63, 3.8) is 0 Å². The van der Waals surface area contributed by atoms with Crippen LogP contribution in [-0.2, 0) is 23.9 Å². The average molecular weight is 401 g/mol. The first-order chi connectivity index (χ1) is 13.7. The van der Waals surface area contributed by atoms with Gasteiger partial charge in [0.2, 0.25) is 0 Å². The summed E-state index contributed by atoms with van der Waals surface area (Å²) in [4.78, 5) is 37.2. The van der Waals surface area contributed by atoms with Crippen LogP contribution in [0.3, 0.4) is 0 Å². The molecule has 3 unspecified atom stereocenters. The Labute approximate surface area is 172 Å². The fraction of sp³-hybridized carbons (Fsp3) is 0.792. The second kappa shape index (κ2) is 6.18. The predicted molar refractivity (Wildman–Crippen MR) is 106 cm³/mol. The Morgan fingerprint density at radius 2 is 1.83 bits per heavy atom. The van der Waals surface area contributed by atoms with Gasteiger partial charge in [0.15, 0.2) is 0 Å². The van der Waals surface area contributed by atoms with Gasteiger partial charge in [-0.2, -0.15) is 0 Å². The highest BCUT2D eigenvalue weighted by atomic mass is 16.6. The molecule has 4 fully saturated rings. The molecule has 1 saturated heterocycles. The minimum absolute atomic E-state index is 0.00741. The number of hydrogen-bond donors (Lipinski definition) is 0. The van der Waals surface area contributed by atoms with Gasteiger partial charge in [-0.15, -0.1) is 0 Å². The van der Waals surface area contributed by atoms with Crippen molar-refractivity contribution >= 4 is 17.7 Å². The van der Waals surface area contributed by atoms with Crippen LogP contribution in [0.1, 0.15) is 71.6 Å². The lowest BCUT2D eigenvalue weighted by atomic mass is 9.45. The lowest BCUT2D eigenvalue weighted by Crippen LogP contribution is -2.57. The monoisotopic (exact) mass is 400 g/mol. The number of fused-ring (bicyclic) bond motifs is 6. The molecule has 5 aliphatic rings. The zero-order chi connectivity index (χ0) is 20.6. The summed E-state index contributed by atoms with van der Waals surface area (Å²) in [5, 5.41) is 0. The van der Waals surface area contributed by atoms with Crippen molar-refractivity contribution in [2.24, 2.45) is 34.5 Å². The molecule has 0 aromatic heterocycles. The third-order valence-electron chi connectivity index (χ3n) is 9.80. The molecule has 5 rings (SSSR count). The summed E-state index contributed by atoms with van der Waals surface area (Å²) >= 11 is 0. The number of esters is 2. The number of ketones is 1. The fourth-order valence-corrected chi connectivity index (χ4v) is 8.16. The topological polar surface area (TPSA) is 69.7 Å². The highest BCUT2D eigenvalue weighted by Crippen LogP contribution is 2.70. The number of allylic oxidation sites excluding steroid dienone is 1. The molecule has 0 radical (unpaired) electrons. The van der Waals surface area contributed by atoms with Gasteiger partial charge in [-0.3, -0.25) is 14.4 Å². The molecule has 1 spiro atoms. The Morgan fingerprint density at radius 3 is 2.52 bits per heavy atom. The van der Waals surface area contributed by atoms with E-state index < -0.39 is 0 Å². The molecule has 0 bridgehead atoms. The molecule has 158 valence electrons. The van der Waals surface area contributed by atoms with Gasteiger partial charge in [0.05, 0.1) is 13.0 Å². The highest BCUT2D eigenvalue weighted by molar-refractivity contribution is 5.84. The van der Waals surface area contributed by atoms with Crippen LogP contribution >= 0.6 is 0 Å². The molecule has 0 aromatic carbocycles. The molecule has 1 heterocycles. The second-order valence-corrected chi connectivity index (χ2v) is 10.6. The van der Waals surface area contributed by atoms with Crippen LogP contribution in [0.5, 0.6) is 0 Å². The van der Waals surface area contributed by atoms with Crippen molar-refractivity contribution in [1.29, 1.82) is 0 Å². The quantitative estimate of drug-likeness (QED) is 0.492. The molecular formula is C24H32O5. The van der Waals surface area contributed by atoms with E-state index in [0.717, 1.165) is 44.1 Å². The average Bonchev–Trinajstić information content (AvgIpc) is 3.22. The lowest BCUT2D eigenvalue weighted by Gasteiger charge is -2.59. The van der Waals surface area contributed by atoms with E-state index in [9.17, 15) is 14.4 Å². The number of carbonyl (C=O) groups excluding carboxylic acids is 3. The molecule has 5 heteroatoms. The first kappa shape index (κ1) is 19.3. The summed E-state index contributed by atoms with van der Waals surface area (Å²) in [5.41, 5.74) is 0.716. The van der Waals surface area contributed by atoms with E-state index in [0.29, 0.717) is 31.1 Å². The van der Waals surface area contributed by atoms with E-state index in [1.807, 2.05) is 0 Å². The van der Waals surface area contributed by atoms with Gasteiger partial charge < -0.3 is 9.47 Å². The van der Waals surface area contributed by atoms with Crippen LogP contribution < -0.4 is 0 Å². The van der Waals surface area contributed by atoms with Gasteiger partial charge in [-0.05, 0) is 61.7 Å². The van der Waals surface area contributed by atoms with Crippen molar-refractivity contribution < 1.29 is 23.9 Å². The smallest absolute Gasteiger partial charge is 0.312 e. The Kier molecular flexibility index (Phi) is 4.12. The number of ether oxygens (including phenoxy) is 2. The van der Waals surface area contributed by atoms with E-state index >= 15 is 0 Å². The van der Waals surface area contributed by atoms with Crippen molar-refractivity contribution in [2.45, 2.75) is 77.2 Å². The van der Waals surface area contributed by atoms with E-state index in [1.54, 1.807) is 0 Å². The summed E-state index contributed by atoms with van der Waals surface area (Å²) in [6.07, 6.45) is 9.38. The number of Topliss-reactive ketones (excluding diaryl/α,β-unsaturated/α-hetero) is 1. The maximum atomic E-state index is 12.9. The zero-order valence-electron chi connectivity index (χ0n) is 17.8. The van der Waals surface area contributed by atoms with Gasteiger partial charge in [0.1, 0.15) is 11.4 Å². The molecule has 0 amide bonds. The van der Waals surface area contributed by atoms with Crippen LogP contribution in [0.2, 0.25) is 0 Å². The molecule has 4 aliphatic carbocycles. The van der Waals surface area contributed by atoms with Crippen LogP contribution in [-0.4, -0.2) is 30.4 Å². The van der Waals surface area contributed by atoms with Gasteiger partial charge in [-0.25, -0.2) is 0 Å². The molecule has 0 aromatic rings. The summed E-state index contributed by atoms with van der Waals surface area (Å²) < 4.78 is 11.3. The molecular weight excluding hydrogens is 368 g/mol. The van der Waals surface area contributed by atoms with E-state index in [2.05, 4.69) is 19.9 Å². The lowest BCUT2D eigenvalue weighted by molar-refractivity contribution is -0.173. The SMILES string of the molecule is COC(=O)C1C=C2CC(=O)CC[C@]2(C)C2CC[C@@]3(C)C(CC[C@@]34CCC(=O)O4)[C@H]12. The van der Waals surface area contributed by atoms with Crippen molar-refractivity contribution in [3.05, 3.63) is 11.6 Å². The number of carbonyl (C=O) groups is 3. The van der Waals surface area contributed by atoms with Crippen LogP contribution in [0.4, 0.5) is 0 Å². The van der Waals surface area contributed by atoms with Crippen molar-refractivity contribution in [3.8, 4) is 0 Å². The normalized spacial score (nSPS) is 48.4. The van der Waals surface area contributed by atoms with Gasteiger partial charge in [-0.1, -0.05) is 25.5 Å². The van der Waals surface area contributed by atoms with Crippen LogP contribution in [0, 0.1) is 34.5 Å². The van der Waals surface area contributed by atoms with E-state index in [1.165, 1.54) is 7.11 Å². The maximum Gasteiger partial charge on any atom is 0.312 e. The molecule has 1 aliphatic heterocycles. The minimum atomic E-state index is -0.353. The van der Waals surface area contributed by atoms with Crippen LogP contribution in [0.25, 0.3) is 0 Å². The third-order valence-corrected chi connectivity index (χ3v) is 9.80. The molecule has 0 N–H and O–H groups in total. The number of hydrogen-bond acceptors (Lipinski definition) is 5. The maximum absolute atomic E-state index is 12.9.